The molecule has 1 heterocycles. The van der Waals surface area contributed by atoms with Gasteiger partial charge in [0.15, 0.2) is 0 Å². The second-order valence-corrected chi connectivity index (χ2v) is 4.84. The van der Waals surface area contributed by atoms with Crippen LogP contribution in [0.3, 0.4) is 0 Å². The van der Waals surface area contributed by atoms with E-state index in [0.717, 1.165) is 22.2 Å². The molecule has 1 aromatic heterocycles. The molecule has 0 aliphatic rings. The van der Waals surface area contributed by atoms with Crippen LogP contribution in [0.2, 0.25) is 0 Å². The minimum Gasteiger partial charge on any atom is -0.387 e. The monoisotopic (exact) mass is 232 g/mol. The zero-order valence-electron chi connectivity index (χ0n) is 10.6. The number of para-hydroxylation sites is 1. The lowest BCUT2D eigenvalue weighted by atomic mass is 9.98. The van der Waals surface area contributed by atoms with Crippen molar-refractivity contribution in [3.8, 4) is 0 Å². The van der Waals surface area contributed by atoms with Crippen LogP contribution in [0, 0.1) is 6.92 Å². The SMILES string of the molecule is Cc1[nH]c2c(C(C)C)cccc2c1C(O)CN. The summed E-state index contributed by atoms with van der Waals surface area (Å²) in [7, 11) is 0. The first-order valence-corrected chi connectivity index (χ1v) is 6.05. The van der Waals surface area contributed by atoms with Crippen LogP contribution < -0.4 is 5.73 Å². The molecule has 1 unspecified atom stereocenters. The summed E-state index contributed by atoms with van der Waals surface area (Å²) in [5.74, 6) is 0.458. The van der Waals surface area contributed by atoms with E-state index in [2.05, 4.69) is 24.9 Å². The summed E-state index contributed by atoms with van der Waals surface area (Å²) in [5.41, 5.74) is 9.90. The van der Waals surface area contributed by atoms with Crippen LogP contribution in [-0.4, -0.2) is 16.6 Å². The maximum absolute atomic E-state index is 9.98. The van der Waals surface area contributed by atoms with Gasteiger partial charge in [0.1, 0.15) is 0 Å². The Hall–Kier alpha value is -1.32. The number of hydrogen-bond donors (Lipinski definition) is 3. The van der Waals surface area contributed by atoms with Gasteiger partial charge in [0, 0.05) is 28.7 Å². The zero-order chi connectivity index (χ0) is 12.6. The van der Waals surface area contributed by atoms with Crippen molar-refractivity contribution in [3.63, 3.8) is 0 Å². The van der Waals surface area contributed by atoms with E-state index in [0.29, 0.717) is 5.92 Å². The summed E-state index contributed by atoms with van der Waals surface area (Å²) in [5, 5.41) is 11.1. The summed E-state index contributed by atoms with van der Waals surface area (Å²) in [6, 6.07) is 6.21. The van der Waals surface area contributed by atoms with Crippen molar-refractivity contribution >= 4 is 10.9 Å². The summed E-state index contributed by atoms with van der Waals surface area (Å²) < 4.78 is 0. The molecule has 0 aliphatic heterocycles. The molecule has 2 rings (SSSR count). The fourth-order valence-corrected chi connectivity index (χ4v) is 2.42. The van der Waals surface area contributed by atoms with Crippen LogP contribution in [0.15, 0.2) is 18.2 Å². The topological polar surface area (TPSA) is 62.0 Å². The van der Waals surface area contributed by atoms with Crippen molar-refractivity contribution in [2.24, 2.45) is 5.73 Å². The minimum atomic E-state index is -0.592. The number of aryl methyl sites for hydroxylation is 1. The van der Waals surface area contributed by atoms with E-state index in [-0.39, 0.29) is 6.54 Å². The third kappa shape index (κ3) is 1.96. The van der Waals surface area contributed by atoms with Gasteiger partial charge in [-0.2, -0.15) is 0 Å². The first-order chi connectivity index (χ1) is 8.06. The Morgan fingerprint density at radius 3 is 2.65 bits per heavy atom. The fraction of sp³-hybridized carbons (Fsp3) is 0.429. The van der Waals surface area contributed by atoms with E-state index in [1.165, 1.54) is 5.56 Å². The Morgan fingerprint density at radius 2 is 2.06 bits per heavy atom. The summed E-state index contributed by atoms with van der Waals surface area (Å²) in [4.78, 5) is 3.38. The second-order valence-electron chi connectivity index (χ2n) is 4.84. The number of nitrogens with two attached hydrogens (primary N) is 1. The number of hydrogen-bond acceptors (Lipinski definition) is 2. The molecule has 1 atom stereocenters. The number of benzene rings is 1. The Morgan fingerprint density at radius 1 is 1.35 bits per heavy atom. The first kappa shape index (κ1) is 12.1. The maximum atomic E-state index is 9.98. The van der Waals surface area contributed by atoms with Crippen molar-refractivity contribution in [1.29, 1.82) is 0 Å². The number of fused-ring (bicyclic) bond motifs is 1. The van der Waals surface area contributed by atoms with Gasteiger partial charge in [-0.25, -0.2) is 0 Å². The van der Waals surface area contributed by atoms with Crippen LogP contribution in [-0.2, 0) is 0 Å². The fourth-order valence-electron chi connectivity index (χ4n) is 2.42. The molecule has 0 aliphatic carbocycles. The van der Waals surface area contributed by atoms with Crippen LogP contribution >= 0.6 is 0 Å². The highest BCUT2D eigenvalue weighted by molar-refractivity contribution is 5.88. The molecular formula is C14H20N2O. The van der Waals surface area contributed by atoms with Gasteiger partial charge in [-0.1, -0.05) is 32.0 Å². The summed E-state index contributed by atoms with van der Waals surface area (Å²) in [6.07, 6.45) is -0.592. The number of rotatable bonds is 3. The number of aliphatic hydroxyl groups excluding tert-OH is 1. The van der Waals surface area contributed by atoms with Gasteiger partial charge in [0.05, 0.1) is 6.10 Å². The Labute approximate surface area is 102 Å². The second kappa shape index (κ2) is 4.51. The van der Waals surface area contributed by atoms with Gasteiger partial charge < -0.3 is 15.8 Å². The molecule has 0 amide bonds. The molecule has 3 nitrogen and oxygen atoms in total. The normalized spacial score (nSPS) is 13.5. The van der Waals surface area contributed by atoms with Crippen LogP contribution in [0.4, 0.5) is 0 Å². The van der Waals surface area contributed by atoms with Crippen LogP contribution in [0.1, 0.15) is 42.7 Å². The molecular weight excluding hydrogens is 212 g/mol. The highest BCUT2D eigenvalue weighted by Gasteiger charge is 2.17. The number of nitrogens with one attached hydrogen (secondary N) is 1. The smallest absolute Gasteiger partial charge is 0.0935 e. The zero-order valence-corrected chi connectivity index (χ0v) is 10.6. The van der Waals surface area contributed by atoms with E-state index in [4.69, 9.17) is 5.73 Å². The Kier molecular flexibility index (Phi) is 3.22. The minimum absolute atomic E-state index is 0.250. The molecule has 0 saturated carbocycles. The Balaban J connectivity index is 2.71. The number of H-pyrrole nitrogens is 1. The molecule has 0 fully saturated rings. The number of aromatic amines is 1. The summed E-state index contributed by atoms with van der Waals surface area (Å²) in [6.45, 7) is 6.58. The maximum Gasteiger partial charge on any atom is 0.0935 e. The lowest BCUT2D eigenvalue weighted by molar-refractivity contribution is 0.187. The first-order valence-electron chi connectivity index (χ1n) is 6.05. The predicted octanol–water partition coefficient (Wildman–Crippen LogP) is 2.59. The van der Waals surface area contributed by atoms with Gasteiger partial charge in [-0.05, 0) is 18.4 Å². The van der Waals surface area contributed by atoms with Crippen LogP contribution in [0.25, 0.3) is 10.9 Å². The van der Waals surface area contributed by atoms with Gasteiger partial charge in [0.25, 0.3) is 0 Å². The number of aliphatic hydroxyl groups is 1. The number of aromatic nitrogens is 1. The van der Waals surface area contributed by atoms with Crippen molar-refractivity contribution < 1.29 is 5.11 Å². The molecule has 4 N–H and O–H groups in total. The van der Waals surface area contributed by atoms with E-state index < -0.39 is 6.10 Å². The lowest BCUT2D eigenvalue weighted by Gasteiger charge is -2.09. The van der Waals surface area contributed by atoms with Gasteiger partial charge in [-0.15, -0.1) is 0 Å². The third-order valence-corrected chi connectivity index (χ3v) is 3.28. The third-order valence-electron chi connectivity index (χ3n) is 3.28. The van der Waals surface area contributed by atoms with Gasteiger partial charge in [-0.3, -0.25) is 0 Å². The molecule has 1 aromatic carbocycles. The molecule has 3 heteroatoms. The highest BCUT2D eigenvalue weighted by atomic mass is 16.3. The standard InChI is InChI=1S/C14H20N2O/c1-8(2)10-5-4-6-11-13(12(17)7-15)9(3)16-14(10)11/h4-6,8,12,16-17H,7,15H2,1-3H3. The molecule has 92 valence electrons. The molecule has 2 aromatic rings. The van der Waals surface area contributed by atoms with Gasteiger partial charge >= 0.3 is 0 Å². The largest absolute Gasteiger partial charge is 0.387 e. The van der Waals surface area contributed by atoms with Crippen molar-refractivity contribution in [2.75, 3.05) is 6.54 Å². The van der Waals surface area contributed by atoms with Crippen LogP contribution in [0.5, 0.6) is 0 Å². The van der Waals surface area contributed by atoms with Crippen molar-refractivity contribution in [2.45, 2.75) is 32.8 Å². The molecule has 0 saturated heterocycles. The quantitative estimate of drug-likeness (QED) is 0.761. The Bertz CT molecular complexity index is 528. The van der Waals surface area contributed by atoms with E-state index in [1.807, 2.05) is 19.1 Å². The molecule has 0 spiro atoms. The van der Waals surface area contributed by atoms with E-state index in [9.17, 15) is 5.11 Å². The van der Waals surface area contributed by atoms with Crippen molar-refractivity contribution in [3.05, 3.63) is 35.0 Å². The van der Waals surface area contributed by atoms with E-state index in [1.54, 1.807) is 0 Å². The highest BCUT2D eigenvalue weighted by Crippen LogP contribution is 2.32. The average molecular weight is 232 g/mol. The molecule has 0 bridgehead atoms. The average Bonchev–Trinajstić information content (AvgIpc) is 2.63. The predicted molar refractivity (Wildman–Crippen MR) is 71.1 cm³/mol. The van der Waals surface area contributed by atoms with E-state index >= 15 is 0 Å². The van der Waals surface area contributed by atoms with Crippen molar-refractivity contribution in [1.82, 2.24) is 4.98 Å². The summed E-state index contributed by atoms with van der Waals surface area (Å²) >= 11 is 0. The molecule has 0 radical (unpaired) electrons. The van der Waals surface area contributed by atoms with Gasteiger partial charge in [0.2, 0.25) is 0 Å². The lowest BCUT2D eigenvalue weighted by Crippen LogP contribution is -2.12. The molecule has 17 heavy (non-hydrogen) atoms.